The van der Waals surface area contributed by atoms with Crippen molar-refractivity contribution in [3.8, 4) is 5.75 Å². The van der Waals surface area contributed by atoms with Gasteiger partial charge in [-0.05, 0) is 46.5 Å². The maximum atomic E-state index is 12.9. The number of nitrogens with one attached hydrogen (secondary N) is 1. The van der Waals surface area contributed by atoms with Gasteiger partial charge in [-0.25, -0.2) is 0 Å². The van der Waals surface area contributed by atoms with Crippen LogP contribution in [-0.4, -0.2) is 27.8 Å². The Balaban J connectivity index is 1.88. The minimum Gasteiger partial charge on any atom is -0.481 e. The van der Waals surface area contributed by atoms with Crippen molar-refractivity contribution in [2.45, 2.75) is 64.3 Å². The van der Waals surface area contributed by atoms with E-state index in [1.807, 2.05) is 20.8 Å². The molecule has 1 fully saturated rings. The smallest absolute Gasteiger partial charge is 0.425 e. The quantitative estimate of drug-likeness (QED) is 0.878. The summed E-state index contributed by atoms with van der Waals surface area (Å²) in [5.41, 5.74) is 3.68. The Labute approximate surface area is 144 Å². The van der Waals surface area contributed by atoms with Crippen LogP contribution >= 0.6 is 0 Å². The maximum Gasteiger partial charge on any atom is 0.425 e. The van der Waals surface area contributed by atoms with E-state index in [4.69, 9.17) is 9.57 Å². The zero-order valence-electron chi connectivity index (χ0n) is 14.6. The molecule has 0 unspecified atom stereocenters. The molecule has 1 atom stereocenters. The summed E-state index contributed by atoms with van der Waals surface area (Å²) in [7, 11) is 0. The Kier molecular flexibility index (Phi) is 4.35. The lowest BCUT2D eigenvalue weighted by molar-refractivity contribution is -0.189. The standard InChI is InChI=1S/C17H22F3N3O2/c1-10(17(18,19)20)24-14-7-13(21-8-12(14)11-5-6-11)15-9-23(22-25-15)16(2,3)4/h7-11,22H,5-6H2,1-4H3/t10-/m1/s1. The van der Waals surface area contributed by atoms with Crippen LogP contribution in [0.5, 0.6) is 5.75 Å². The minimum absolute atomic E-state index is 0.219. The topological polar surface area (TPSA) is 46.6 Å². The summed E-state index contributed by atoms with van der Waals surface area (Å²) in [6.07, 6.45) is -1.10. The number of alkyl halides is 3. The summed E-state index contributed by atoms with van der Waals surface area (Å²) in [5.74, 6) is 0.873. The molecule has 2 heterocycles. The summed E-state index contributed by atoms with van der Waals surface area (Å²) in [4.78, 5) is 9.77. The SMILES string of the molecule is C[C@@H](Oc1cc(C2=CN(C(C)(C)C)NO2)ncc1C1CC1)C(F)(F)F. The zero-order chi connectivity index (χ0) is 18.4. The molecule has 1 saturated carbocycles. The number of halogens is 3. The van der Waals surface area contributed by atoms with Crippen LogP contribution in [0.25, 0.3) is 5.76 Å². The molecule has 0 spiro atoms. The van der Waals surface area contributed by atoms with Gasteiger partial charge >= 0.3 is 6.18 Å². The largest absolute Gasteiger partial charge is 0.481 e. The van der Waals surface area contributed by atoms with Crippen molar-refractivity contribution in [1.29, 1.82) is 0 Å². The van der Waals surface area contributed by atoms with E-state index < -0.39 is 12.3 Å². The van der Waals surface area contributed by atoms with Crippen molar-refractivity contribution in [1.82, 2.24) is 15.6 Å². The normalized spacial score (nSPS) is 19.5. The van der Waals surface area contributed by atoms with Gasteiger partial charge in [-0.2, -0.15) is 13.2 Å². The molecule has 0 radical (unpaired) electrons. The van der Waals surface area contributed by atoms with Crippen molar-refractivity contribution in [3.05, 3.63) is 29.7 Å². The Morgan fingerprint density at radius 1 is 1.32 bits per heavy atom. The number of rotatable bonds is 4. The van der Waals surface area contributed by atoms with Gasteiger partial charge in [0, 0.05) is 17.8 Å². The first-order valence-corrected chi connectivity index (χ1v) is 8.23. The lowest BCUT2D eigenvalue weighted by Crippen LogP contribution is -2.43. The fourth-order valence-corrected chi connectivity index (χ4v) is 2.36. The van der Waals surface area contributed by atoms with Gasteiger partial charge in [0.2, 0.25) is 0 Å². The van der Waals surface area contributed by atoms with Crippen LogP contribution in [0, 0.1) is 0 Å². The molecular weight excluding hydrogens is 335 g/mol. The average molecular weight is 357 g/mol. The van der Waals surface area contributed by atoms with E-state index in [0.29, 0.717) is 11.5 Å². The molecule has 0 bridgehead atoms. The molecule has 25 heavy (non-hydrogen) atoms. The first kappa shape index (κ1) is 17.8. The number of ether oxygens (including phenoxy) is 1. The molecule has 1 aliphatic heterocycles. The average Bonchev–Trinajstić information content (AvgIpc) is 3.20. The van der Waals surface area contributed by atoms with Crippen LogP contribution < -0.4 is 10.3 Å². The first-order chi connectivity index (χ1) is 11.6. The minimum atomic E-state index is -4.42. The van der Waals surface area contributed by atoms with E-state index in [2.05, 4.69) is 10.6 Å². The van der Waals surface area contributed by atoms with Gasteiger partial charge in [0.25, 0.3) is 0 Å². The predicted molar refractivity (Wildman–Crippen MR) is 86.1 cm³/mol. The Hall–Kier alpha value is -1.96. The van der Waals surface area contributed by atoms with E-state index in [9.17, 15) is 13.2 Å². The van der Waals surface area contributed by atoms with Crippen LogP contribution in [0.15, 0.2) is 18.5 Å². The van der Waals surface area contributed by atoms with E-state index >= 15 is 0 Å². The lowest BCUT2D eigenvalue weighted by atomic mass is 10.1. The van der Waals surface area contributed by atoms with Gasteiger partial charge in [0.1, 0.15) is 11.4 Å². The van der Waals surface area contributed by atoms with Crippen LogP contribution in [0.3, 0.4) is 0 Å². The Morgan fingerprint density at radius 2 is 2.00 bits per heavy atom. The number of hydrogen-bond donors (Lipinski definition) is 1. The molecule has 0 aromatic carbocycles. The predicted octanol–water partition coefficient (Wildman–Crippen LogP) is 4.14. The second kappa shape index (κ2) is 6.09. The molecule has 8 heteroatoms. The molecule has 1 aromatic heterocycles. The summed E-state index contributed by atoms with van der Waals surface area (Å²) in [6, 6.07) is 1.52. The monoisotopic (exact) mass is 357 g/mol. The third-order valence-corrected chi connectivity index (χ3v) is 4.15. The molecule has 138 valence electrons. The van der Waals surface area contributed by atoms with E-state index in [-0.39, 0.29) is 17.2 Å². The van der Waals surface area contributed by atoms with Gasteiger partial charge in [-0.15, -0.1) is 0 Å². The molecule has 3 rings (SSSR count). The molecule has 2 aliphatic rings. The highest BCUT2D eigenvalue weighted by atomic mass is 19.4. The highest BCUT2D eigenvalue weighted by molar-refractivity contribution is 5.59. The number of aromatic nitrogens is 1. The van der Waals surface area contributed by atoms with Crippen LogP contribution in [0.2, 0.25) is 0 Å². The van der Waals surface area contributed by atoms with Gasteiger partial charge in [-0.1, -0.05) is 5.59 Å². The number of hydrazine groups is 1. The van der Waals surface area contributed by atoms with Crippen LogP contribution in [0.1, 0.15) is 57.7 Å². The van der Waals surface area contributed by atoms with Crippen molar-refractivity contribution in [2.75, 3.05) is 0 Å². The third kappa shape index (κ3) is 4.00. The first-order valence-electron chi connectivity index (χ1n) is 8.23. The van der Waals surface area contributed by atoms with Crippen LogP contribution in [0.4, 0.5) is 13.2 Å². The molecule has 0 amide bonds. The highest BCUT2D eigenvalue weighted by Crippen LogP contribution is 2.45. The van der Waals surface area contributed by atoms with Crippen molar-refractivity contribution in [3.63, 3.8) is 0 Å². The Bertz CT molecular complexity index is 679. The molecule has 1 N–H and O–H groups in total. The molecule has 1 aromatic rings. The molecule has 1 aliphatic carbocycles. The second-order valence-corrected chi connectivity index (χ2v) is 7.41. The fraction of sp³-hybridized carbons (Fsp3) is 0.588. The number of hydrogen-bond acceptors (Lipinski definition) is 5. The van der Waals surface area contributed by atoms with E-state index in [1.165, 1.54) is 6.07 Å². The molecule has 5 nitrogen and oxygen atoms in total. The van der Waals surface area contributed by atoms with Gasteiger partial charge in [-0.3, -0.25) is 9.99 Å². The summed E-state index contributed by atoms with van der Waals surface area (Å²) in [6.45, 7) is 6.98. The maximum absolute atomic E-state index is 12.9. The van der Waals surface area contributed by atoms with Crippen LogP contribution in [-0.2, 0) is 4.84 Å². The summed E-state index contributed by atoms with van der Waals surface area (Å²) < 4.78 is 43.8. The van der Waals surface area contributed by atoms with Gasteiger partial charge < -0.3 is 9.57 Å². The Morgan fingerprint density at radius 3 is 2.52 bits per heavy atom. The number of nitrogens with zero attached hydrogens (tertiary/aromatic N) is 2. The zero-order valence-corrected chi connectivity index (χ0v) is 14.6. The van der Waals surface area contributed by atoms with Gasteiger partial charge in [0.15, 0.2) is 11.9 Å². The third-order valence-electron chi connectivity index (χ3n) is 4.15. The van der Waals surface area contributed by atoms with E-state index in [0.717, 1.165) is 25.3 Å². The van der Waals surface area contributed by atoms with Crippen molar-refractivity contribution >= 4 is 5.76 Å². The second-order valence-electron chi connectivity index (χ2n) is 7.41. The fourth-order valence-electron chi connectivity index (χ4n) is 2.36. The number of pyridine rings is 1. The molecular formula is C17H22F3N3O2. The summed E-state index contributed by atoms with van der Waals surface area (Å²) in [5, 5.41) is 1.76. The van der Waals surface area contributed by atoms with Gasteiger partial charge in [0.05, 0.1) is 11.7 Å². The summed E-state index contributed by atoms with van der Waals surface area (Å²) >= 11 is 0. The highest BCUT2D eigenvalue weighted by Gasteiger charge is 2.39. The van der Waals surface area contributed by atoms with Crippen molar-refractivity contribution in [2.24, 2.45) is 0 Å². The van der Waals surface area contributed by atoms with E-state index in [1.54, 1.807) is 17.4 Å². The van der Waals surface area contributed by atoms with Crippen molar-refractivity contribution < 1.29 is 22.7 Å². The molecule has 0 saturated heterocycles. The lowest BCUT2D eigenvalue weighted by Gasteiger charge is -2.29.